The van der Waals surface area contributed by atoms with E-state index in [0.717, 1.165) is 23.3 Å². The van der Waals surface area contributed by atoms with Crippen molar-refractivity contribution in [1.82, 2.24) is 9.62 Å². The molecule has 2 unspecified atom stereocenters. The van der Waals surface area contributed by atoms with Crippen molar-refractivity contribution in [3.8, 4) is 0 Å². The van der Waals surface area contributed by atoms with Gasteiger partial charge in [-0.3, -0.25) is 19.2 Å². The first-order valence-corrected chi connectivity index (χ1v) is 10.8. The number of benzene rings is 1. The summed E-state index contributed by atoms with van der Waals surface area (Å²) in [5.74, 6) is -1.33. The Hall–Kier alpha value is -1.75. The summed E-state index contributed by atoms with van der Waals surface area (Å²) in [4.78, 5) is 26.8. The molecule has 0 spiro atoms. The van der Waals surface area contributed by atoms with Gasteiger partial charge in [0, 0.05) is 25.6 Å². The van der Waals surface area contributed by atoms with E-state index in [0.29, 0.717) is 18.4 Å². The molecule has 0 aliphatic heterocycles. The highest BCUT2D eigenvalue weighted by Crippen LogP contribution is 2.22. The lowest BCUT2D eigenvalue weighted by molar-refractivity contribution is -0.129. The Balaban J connectivity index is 3.06. The van der Waals surface area contributed by atoms with Gasteiger partial charge in [-0.2, -0.15) is 12.8 Å². The van der Waals surface area contributed by atoms with Gasteiger partial charge in [0.1, 0.15) is 0 Å². The summed E-state index contributed by atoms with van der Waals surface area (Å²) in [7, 11) is 0.593. The van der Waals surface area contributed by atoms with Gasteiger partial charge in [-0.25, -0.2) is 0 Å². The van der Waals surface area contributed by atoms with E-state index in [2.05, 4.69) is 9.08 Å². The van der Waals surface area contributed by atoms with Crippen molar-refractivity contribution in [3.05, 3.63) is 35.9 Å². The molecule has 0 saturated heterocycles. The van der Waals surface area contributed by atoms with Crippen LogP contribution in [0.1, 0.15) is 37.7 Å². The molecule has 1 aromatic carbocycles. The molecule has 0 heterocycles. The number of hydrogen-bond donors (Lipinski definition) is 1. The molecule has 2 amide bonds. The van der Waals surface area contributed by atoms with Gasteiger partial charge >= 0.3 is 15.7 Å². The Labute approximate surface area is 171 Å². The highest BCUT2D eigenvalue weighted by atomic mass is 32.2. The molecule has 0 aliphatic carbocycles. The van der Waals surface area contributed by atoms with E-state index in [1.807, 2.05) is 6.92 Å². The van der Waals surface area contributed by atoms with Crippen molar-refractivity contribution in [1.29, 1.82) is 0 Å². The van der Waals surface area contributed by atoms with Crippen molar-refractivity contribution >= 4 is 33.6 Å². The minimum Gasteiger partial charge on any atom is -0.381 e. The monoisotopic (exact) mass is 429 g/mol. The number of hydrogen-bond acceptors (Lipinski definition) is 8. The van der Waals surface area contributed by atoms with Crippen LogP contribution in [0.25, 0.3) is 0 Å². The van der Waals surface area contributed by atoms with E-state index < -0.39 is 27.6 Å². The number of methoxy groups -OCH3 is 1. The lowest BCUT2D eigenvalue weighted by atomic mass is 9.97. The van der Waals surface area contributed by atoms with Gasteiger partial charge in [-0.1, -0.05) is 37.3 Å². The van der Waals surface area contributed by atoms with Crippen LogP contribution >= 0.6 is 11.9 Å². The molecule has 1 rings (SSSR count). The molecule has 0 saturated carbocycles. The van der Waals surface area contributed by atoms with Crippen LogP contribution < -0.4 is 4.72 Å². The first-order valence-electron chi connectivity index (χ1n) is 8.98. The van der Waals surface area contributed by atoms with Gasteiger partial charge in [0.05, 0.1) is 18.6 Å². The Kier molecular flexibility index (Phi) is 11.7. The molecule has 0 bridgehead atoms. The van der Waals surface area contributed by atoms with Crippen molar-refractivity contribution in [2.75, 3.05) is 27.2 Å². The number of ether oxygens (including phenoxy) is 1. The van der Waals surface area contributed by atoms with E-state index >= 15 is 0 Å². The van der Waals surface area contributed by atoms with Gasteiger partial charge in [0.2, 0.25) is 5.91 Å². The normalized spacial score (nSPS) is 12.8. The van der Waals surface area contributed by atoms with E-state index in [-0.39, 0.29) is 19.2 Å². The summed E-state index contributed by atoms with van der Waals surface area (Å²) in [5, 5.41) is -0.442. The third-order valence-electron chi connectivity index (χ3n) is 4.23. The molecule has 0 radical (unpaired) electrons. The lowest BCUT2D eigenvalue weighted by Gasteiger charge is -2.25. The quantitative estimate of drug-likeness (QED) is 0.539. The van der Waals surface area contributed by atoms with Gasteiger partial charge in [0.25, 0.3) is 0 Å². The second-order valence-corrected chi connectivity index (χ2v) is 7.62. The van der Waals surface area contributed by atoms with Crippen LogP contribution in [-0.4, -0.2) is 57.8 Å². The van der Waals surface area contributed by atoms with Gasteiger partial charge in [-0.15, -0.1) is 0 Å². The predicted octanol–water partition coefficient (Wildman–Crippen LogP) is 2.85. The summed E-state index contributed by atoms with van der Waals surface area (Å²) in [6.07, 6.45) is 2.19. The van der Waals surface area contributed by atoms with Crippen LogP contribution in [0.3, 0.4) is 0 Å². The largest absolute Gasteiger partial charge is 0.381 e. The number of carbonyl (C=O) groups excluding carboxylic acids is 2. The number of nitrogens with one attached hydrogen (secondary N) is 1. The molecule has 2 atom stereocenters. The number of rotatable bonds is 11. The Morgan fingerprint density at radius 2 is 1.96 bits per heavy atom. The summed E-state index contributed by atoms with van der Waals surface area (Å²) >= 11 is 0.808. The lowest BCUT2D eigenvalue weighted by Crippen LogP contribution is -2.40. The van der Waals surface area contributed by atoms with Crippen LogP contribution in [0.15, 0.2) is 34.7 Å². The van der Waals surface area contributed by atoms with Crippen LogP contribution in [-0.2, 0) is 20.0 Å². The zero-order valence-electron chi connectivity index (χ0n) is 16.3. The zero-order valence-corrected chi connectivity index (χ0v) is 18.0. The maximum Gasteiger partial charge on any atom is 0.311 e. The maximum atomic E-state index is 13.2. The third-order valence-corrected chi connectivity index (χ3v) is 5.19. The SMILES string of the molecule is CCC(CCCN(C(=O)SNC)C(=O)C(CN=S(=O)=O)c1ccccc1)OC. The summed E-state index contributed by atoms with van der Waals surface area (Å²) in [6, 6.07) is 8.74. The fourth-order valence-corrected chi connectivity index (χ4v) is 3.47. The fraction of sp³-hybridized carbons (Fsp3) is 0.556. The topological polar surface area (TPSA) is 105 Å². The molecule has 0 aromatic heterocycles. The second kappa shape index (κ2) is 13.4. The molecule has 8 nitrogen and oxygen atoms in total. The molecule has 10 heteroatoms. The number of carbonyl (C=O) groups is 2. The van der Waals surface area contributed by atoms with E-state index in [1.54, 1.807) is 44.5 Å². The maximum absolute atomic E-state index is 13.2. The minimum atomic E-state index is -2.63. The van der Waals surface area contributed by atoms with Crippen molar-refractivity contribution in [2.24, 2.45) is 4.36 Å². The number of amides is 2. The van der Waals surface area contributed by atoms with Crippen LogP contribution in [0.5, 0.6) is 0 Å². The second-order valence-electron chi connectivity index (χ2n) is 5.96. The minimum absolute atomic E-state index is 0.0619. The molecule has 156 valence electrons. The van der Waals surface area contributed by atoms with Gasteiger partial charge in [-0.05, 0) is 31.9 Å². The first-order chi connectivity index (χ1) is 13.4. The molecule has 0 fully saturated rings. The van der Waals surface area contributed by atoms with Crippen LogP contribution in [0, 0.1) is 0 Å². The smallest absolute Gasteiger partial charge is 0.311 e. The fourth-order valence-electron chi connectivity index (χ4n) is 2.73. The summed E-state index contributed by atoms with van der Waals surface area (Å²) in [6.45, 7) is 1.98. The summed E-state index contributed by atoms with van der Waals surface area (Å²) < 4.78 is 33.3. The highest BCUT2D eigenvalue weighted by Gasteiger charge is 2.30. The van der Waals surface area contributed by atoms with Crippen LogP contribution in [0.2, 0.25) is 0 Å². The van der Waals surface area contributed by atoms with Gasteiger partial charge in [0.15, 0.2) is 0 Å². The Bertz CT molecular complexity index is 744. The van der Waals surface area contributed by atoms with Crippen molar-refractivity contribution in [2.45, 2.75) is 38.2 Å². The average Bonchev–Trinajstić information content (AvgIpc) is 2.69. The Morgan fingerprint density at radius 3 is 2.50 bits per heavy atom. The summed E-state index contributed by atoms with van der Waals surface area (Å²) in [5.41, 5.74) is 0.609. The van der Waals surface area contributed by atoms with E-state index in [1.165, 1.54) is 0 Å². The van der Waals surface area contributed by atoms with Crippen LogP contribution in [0.4, 0.5) is 4.79 Å². The van der Waals surface area contributed by atoms with E-state index in [9.17, 15) is 18.0 Å². The molecular formula is C18H27N3O5S2. The molecule has 0 aliphatic rings. The molecular weight excluding hydrogens is 402 g/mol. The molecule has 28 heavy (non-hydrogen) atoms. The molecule has 1 aromatic rings. The third kappa shape index (κ3) is 8.09. The average molecular weight is 430 g/mol. The predicted molar refractivity (Wildman–Crippen MR) is 109 cm³/mol. The van der Waals surface area contributed by atoms with Crippen molar-refractivity contribution in [3.63, 3.8) is 0 Å². The molecule has 1 N–H and O–H groups in total. The van der Waals surface area contributed by atoms with E-state index in [4.69, 9.17) is 4.74 Å². The van der Waals surface area contributed by atoms with Crippen molar-refractivity contribution < 1.29 is 22.7 Å². The Morgan fingerprint density at radius 1 is 1.29 bits per heavy atom. The standard InChI is InChI=1S/C18H27N3O5S2/c1-4-15(26-3)11-8-12-21(18(23)27-19-2)17(22)16(13-20-28(24)25)14-9-6-5-7-10-14/h5-7,9-10,15-16,19H,4,8,11-13H2,1-3H3. The van der Waals surface area contributed by atoms with Gasteiger partial charge < -0.3 is 4.74 Å². The first kappa shape index (κ1) is 24.3. The number of nitrogens with zero attached hydrogens (tertiary/aromatic N) is 2. The number of imide groups is 1. The zero-order chi connectivity index (χ0) is 20.9. The highest BCUT2D eigenvalue weighted by molar-refractivity contribution is 8.11.